The number of hydrogen-bond donors (Lipinski definition) is 1. The van der Waals surface area contributed by atoms with Gasteiger partial charge in [-0.15, -0.1) is 0 Å². The van der Waals surface area contributed by atoms with Crippen LogP contribution in [0.2, 0.25) is 0 Å². The molecule has 0 radical (unpaired) electrons. The first-order valence-corrected chi connectivity index (χ1v) is 7.40. The Morgan fingerprint density at radius 2 is 2.08 bits per heavy atom. The third-order valence-electron chi connectivity index (χ3n) is 0.972. The van der Waals surface area contributed by atoms with E-state index in [0.717, 1.165) is 0 Å². The standard InChI is InChI=1S/C5H13O4PS2/c1-4(2)5(12-11-3)9-10(6,7)8/h4-5H,1-3H3,(H2,6,7,8)/p-1/t5-/m1/s1. The van der Waals surface area contributed by atoms with E-state index >= 15 is 0 Å². The summed E-state index contributed by atoms with van der Waals surface area (Å²) >= 11 is 0. The van der Waals surface area contributed by atoms with Crippen molar-refractivity contribution in [3.8, 4) is 0 Å². The third-order valence-corrected chi connectivity index (χ3v) is 3.78. The van der Waals surface area contributed by atoms with Crippen molar-refractivity contribution >= 4 is 29.4 Å². The Kier molecular flexibility index (Phi) is 5.89. The summed E-state index contributed by atoms with van der Waals surface area (Å²) in [6, 6.07) is 0. The number of hydrogen-bond acceptors (Lipinski definition) is 5. The van der Waals surface area contributed by atoms with E-state index in [9.17, 15) is 9.46 Å². The zero-order valence-corrected chi connectivity index (χ0v) is 9.62. The molecule has 0 aliphatic rings. The van der Waals surface area contributed by atoms with E-state index in [1.165, 1.54) is 21.6 Å². The molecule has 0 fully saturated rings. The van der Waals surface area contributed by atoms with Crippen molar-refractivity contribution in [3.05, 3.63) is 0 Å². The molecule has 0 aliphatic carbocycles. The minimum Gasteiger partial charge on any atom is -0.756 e. The number of phosphoric ester groups is 1. The average Bonchev–Trinajstić information content (AvgIpc) is 1.83. The number of phosphoric acid groups is 1. The fourth-order valence-corrected chi connectivity index (χ4v) is 3.41. The van der Waals surface area contributed by atoms with Crippen molar-refractivity contribution in [2.75, 3.05) is 6.26 Å². The van der Waals surface area contributed by atoms with Gasteiger partial charge in [-0.05, 0) is 12.2 Å². The minimum absolute atomic E-state index is 0.0388. The molecule has 0 aromatic carbocycles. The van der Waals surface area contributed by atoms with E-state index in [1.807, 2.05) is 20.1 Å². The molecule has 0 aromatic rings. The first-order chi connectivity index (χ1) is 5.37. The second kappa shape index (κ2) is 5.52. The van der Waals surface area contributed by atoms with Gasteiger partial charge < -0.3 is 14.3 Å². The van der Waals surface area contributed by atoms with Crippen LogP contribution in [0, 0.1) is 5.92 Å². The molecule has 12 heavy (non-hydrogen) atoms. The highest BCUT2D eigenvalue weighted by Crippen LogP contribution is 2.41. The van der Waals surface area contributed by atoms with Crippen molar-refractivity contribution in [1.29, 1.82) is 0 Å². The molecule has 0 rings (SSSR count). The van der Waals surface area contributed by atoms with Crippen molar-refractivity contribution < 1.29 is 18.9 Å². The van der Waals surface area contributed by atoms with Crippen molar-refractivity contribution in [2.45, 2.75) is 19.3 Å². The molecule has 0 saturated carbocycles. The Morgan fingerprint density at radius 3 is 2.33 bits per heavy atom. The van der Waals surface area contributed by atoms with Crippen LogP contribution in [0.4, 0.5) is 0 Å². The van der Waals surface area contributed by atoms with E-state index in [0.29, 0.717) is 0 Å². The van der Waals surface area contributed by atoms with Crippen LogP contribution in [0.5, 0.6) is 0 Å². The summed E-state index contributed by atoms with van der Waals surface area (Å²) in [5.74, 6) is 0.0388. The lowest BCUT2D eigenvalue weighted by atomic mass is 10.2. The number of rotatable bonds is 5. The molecule has 2 atom stereocenters. The van der Waals surface area contributed by atoms with Gasteiger partial charge in [0, 0.05) is 0 Å². The molecule has 1 N–H and O–H groups in total. The van der Waals surface area contributed by atoms with E-state index in [4.69, 9.17) is 4.89 Å². The van der Waals surface area contributed by atoms with Crippen LogP contribution < -0.4 is 4.89 Å². The smallest absolute Gasteiger partial charge is 0.266 e. The quantitative estimate of drug-likeness (QED) is 0.439. The second-order valence-electron chi connectivity index (χ2n) is 2.45. The maximum absolute atomic E-state index is 10.4. The topological polar surface area (TPSA) is 69.6 Å². The van der Waals surface area contributed by atoms with E-state index in [1.54, 1.807) is 0 Å². The minimum atomic E-state index is -4.59. The first kappa shape index (κ1) is 12.8. The van der Waals surface area contributed by atoms with Gasteiger partial charge in [-0.2, -0.15) is 0 Å². The molecule has 0 heterocycles. The Labute approximate surface area is 80.1 Å². The summed E-state index contributed by atoms with van der Waals surface area (Å²) in [7, 11) is -1.92. The van der Waals surface area contributed by atoms with Crippen molar-refractivity contribution in [2.24, 2.45) is 5.92 Å². The SMILES string of the molecule is CSS[C@@H](OP(=O)([O-])O)C(C)C. The zero-order chi connectivity index (χ0) is 9.78. The Hall–Kier alpha value is 0.810. The van der Waals surface area contributed by atoms with Crippen LogP contribution in [0.3, 0.4) is 0 Å². The Morgan fingerprint density at radius 1 is 1.58 bits per heavy atom. The molecule has 7 heteroatoms. The molecular formula is C5H12O4PS2-. The summed E-state index contributed by atoms with van der Waals surface area (Å²) < 4.78 is 14.8. The monoisotopic (exact) mass is 231 g/mol. The van der Waals surface area contributed by atoms with Crippen LogP contribution in [0.1, 0.15) is 13.8 Å². The van der Waals surface area contributed by atoms with E-state index in [-0.39, 0.29) is 5.92 Å². The van der Waals surface area contributed by atoms with Gasteiger partial charge in [0.05, 0.1) is 0 Å². The molecule has 0 bridgehead atoms. The largest absolute Gasteiger partial charge is 0.756 e. The highest BCUT2D eigenvalue weighted by Gasteiger charge is 2.18. The molecule has 0 saturated heterocycles. The predicted molar refractivity (Wildman–Crippen MR) is 50.6 cm³/mol. The van der Waals surface area contributed by atoms with Crippen LogP contribution in [-0.2, 0) is 9.09 Å². The van der Waals surface area contributed by atoms with E-state index < -0.39 is 13.3 Å². The fraction of sp³-hybridized carbons (Fsp3) is 1.00. The van der Waals surface area contributed by atoms with Crippen molar-refractivity contribution in [1.82, 2.24) is 0 Å². The predicted octanol–water partition coefficient (Wildman–Crippen LogP) is 1.46. The zero-order valence-electron chi connectivity index (χ0n) is 7.09. The summed E-state index contributed by atoms with van der Waals surface area (Å²) in [6.45, 7) is 3.65. The van der Waals surface area contributed by atoms with Gasteiger partial charge in [-0.1, -0.05) is 35.4 Å². The molecular weight excluding hydrogens is 219 g/mol. The van der Waals surface area contributed by atoms with Gasteiger partial charge in [-0.3, -0.25) is 4.57 Å². The summed E-state index contributed by atoms with van der Waals surface area (Å²) in [4.78, 5) is 18.8. The Bertz CT molecular complexity index is 169. The van der Waals surface area contributed by atoms with Gasteiger partial charge in [0.15, 0.2) is 0 Å². The average molecular weight is 231 g/mol. The fourth-order valence-electron chi connectivity index (χ4n) is 0.477. The highest BCUT2D eigenvalue weighted by atomic mass is 33.1. The summed E-state index contributed by atoms with van der Waals surface area (Å²) in [6.07, 6.45) is 1.82. The van der Waals surface area contributed by atoms with E-state index in [2.05, 4.69) is 4.52 Å². The molecule has 0 aromatic heterocycles. The lowest BCUT2D eigenvalue weighted by molar-refractivity contribution is -0.221. The summed E-state index contributed by atoms with van der Waals surface area (Å²) in [5, 5.41) is 0. The van der Waals surface area contributed by atoms with Gasteiger partial charge in [0.2, 0.25) is 0 Å². The van der Waals surface area contributed by atoms with Crippen LogP contribution in [0.15, 0.2) is 0 Å². The normalized spacial score (nSPS) is 19.2. The third kappa shape index (κ3) is 6.34. The molecule has 0 aliphatic heterocycles. The lowest BCUT2D eigenvalue weighted by Gasteiger charge is -2.25. The van der Waals surface area contributed by atoms with Crippen molar-refractivity contribution in [3.63, 3.8) is 0 Å². The van der Waals surface area contributed by atoms with Crippen LogP contribution in [-0.4, -0.2) is 16.6 Å². The highest BCUT2D eigenvalue weighted by molar-refractivity contribution is 8.76. The molecule has 0 spiro atoms. The van der Waals surface area contributed by atoms with Gasteiger partial charge in [-0.25, -0.2) is 0 Å². The van der Waals surface area contributed by atoms with Crippen LogP contribution in [0.25, 0.3) is 0 Å². The van der Waals surface area contributed by atoms with Gasteiger partial charge >= 0.3 is 0 Å². The molecule has 0 amide bonds. The maximum Gasteiger partial charge on any atom is 0.266 e. The van der Waals surface area contributed by atoms with Crippen LogP contribution >= 0.6 is 29.4 Å². The molecule has 1 unspecified atom stereocenters. The Balaban J connectivity index is 4.05. The lowest BCUT2D eigenvalue weighted by Crippen LogP contribution is -2.17. The van der Waals surface area contributed by atoms with Gasteiger partial charge in [0.1, 0.15) is 5.44 Å². The molecule has 74 valence electrons. The molecule has 4 nitrogen and oxygen atoms in total. The first-order valence-electron chi connectivity index (χ1n) is 3.28. The second-order valence-corrected chi connectivity index (χ2v) is 6.16. The summed E-state index contributed by atoms with van der Waals surface area (Å²) in [5.41, 5.74) is -0.520. The van der Waals surface area contributed by atoms with Gasteiger partial charge in [0.25, 0.3) is 7.82 Å². The maximum atomic E-state index is 10.4.